The standard InChI is InChI=1S/C17H13ClF3N3O2/c18-13-7-5-11(6-8-13)16(26)22-10-15(25)24-23-9-12-3-1-2-4-14(12)17(19,20)21/h1-9H,10H2,(H,22,26)(H,24,25)/b23-9+. The lowest BCUT2D eigenvalue weighted by Crippen LogP contribution is -2.34. The second-order valence-electron chi connectivity index (χ2n) is 5.07. The van der Waals surface area contributed by atoms with Crippen LogP contribution in [0.3, 0.4) is 0 Å². The first kappa shape index (κ1) is 19.5. The van der Waals surface area contributed by atoms with E-state index < -0.39 is 23.6 Å². The van der Waals surface area contributed by atoms with E-state index in [9.17, 15) is 22.8 Å². The third-order valence-electron chi connectivity index (χ3n) is 3.17. The van der Waals surface area contributed by atoms with Gasteiger partial charge in [0, 0.05) is 16.1 Å². The predicted octanol–water partition coefficient (Wildman–Crippen LogP) is 3.24. The summed E-state index contributed by atoms with van der Waals surface area (Å²) in [7, 11) is 0. The quantitative estimate of drug-likeness (QED) is 0.614. The number of nitrogens with one attached hydrogen (secondary N) is 2. The molecule has 0 fully saturated rings. The molecule has 2 aromatic carbocycles. The van der Waals surface area contributed by atoms with E-state index in [0.29, 0.717) is 10.6 Å². The highest BCUT2D eigenvalue weighted by atomic mass is 35.5. The Morgan fingerprint density at radius 2 is 1.73 bits per heavy atom. The van der Waals surface area contributed by atoms with Crippen molar-refractivity contribution in [1.29, 1.82) is 0 Å². The van der Waals surface area contributed by atoms with Crippen LogP contribution in [0.15, 0.2) is 53.6 Å². The monoisotopic (exact) mass is 383 g/mol. The van der Waals surface area contributed by atoms with Crippen LogP contribution in [0.25, 0.3) is 0 Å². The Hall–Kier alpha value is -2.87. The lowest BCUT2D eigenvalue weighted by atomic mass is 10.1. The van der Waals surface area contributed by atoms with Crippen molar-refractivity contribution in [3.8, 4) is 0 Å². The van der Waals surface area contributed by atoms with Crippen LogP contribution >= 0.6 is 11.6 Å². The molecule has 26 heavy (non-hydrogen) atoms. The Bertz CT molecular complexity index is 821. The Morgan fingerprint density at radius 1 is 1.08 bits per heavy atom. The summed E-state index contributed by atoms with van der Waals surface area (Å²) >= 11 is 5.71. The summed E-state index contributed by atoms with van der Waals surface area (Å²) in [5, 5.41) is 6.30. The first-order valence-electron chi connectivity index (χ1n) is 7.29. The predicted molar refractivity (Wildman–Crippen MR) is 91.0 cm³/mol. The van der Waals surface area contributed by atoms with Gasteiger partial charge in [0.1, 0.15) is 0 Å². The second-order valence-corrected chi connectivity index (χ2v) is 5.50. The van der Waals surface area contributed by atoms with Gasteiger partial charge in [0.05, 0.1) is 18.3 Å². The number of carbonyl (C=O) groups excluding carboxylic acids is 2. The number of hydrazone groups is 1. The number of nitrogens with zero attached hydrogens (tertiary/aromatic N) is 1. The molecule has 0 aliphatic carbocycles. The highest BCUT2D eigenvalue weighted by molar-refractivity contribution is 6.30. The Balaban J connectivity index is 1.88. The van der Waals surface area contributed by atoms with Gasteiger partial charge in [0.2, 0.25) is 0 Å². The lowest BCUT2D eigenvalue weighted by Gasteiger charge is -2.09. The summed E-state index contributed by atoms with van der Waals surface area (Å²) in [6, 6.07) is 10.8. The van der Waals surface area contributed by atoms with Gasteiger partial charge in [-0.25, -0.2) is 5.43 Å². The summed E-state index contributed by atoms with van der Waals surface area (Å²) in [5.41, 5.74) is 1.31. The first-order chi connectivity index (χ1) is 12.3. The van der Waals surface area contributed by atoms with Crippen LogP contribution in [0.1, 0.15) is 21.5 Å². The molecule has 0 saturated heterocycles. The molecule has 0 aliphatic rings. The molecule has 0 aromatic heterocycles. The van der Waals surface area contributed by atoms with Gasteiger partial charge in [0.25, 0.3) is 11.8 Å². The van der Waals surface area contributed by atoms with Crippen molar-refractivity contribution in [3.63, 3.8) is 0 Å². The molecule has 0 atom stereocenters. The maximum Gasteiger partial charge on any atom is 0.417 e. The molecule has 2 amide bonds. The summed E-state index contributed by atoms with van der Waals surface area (Å²) < 4.78 is 38.5. The number of alkyl halides is 3. The summed E-state index contributed by atoms with van der Waals surface area (Å²) in [5.74, 6) is -1.18. The van der Waals surface area contributed by atoms with Gasteiger partial charge < -0.3 is 5.32 Å². The average Bonchev–Trinajstić information content (AvgIpc) is 2.60. The van der Waals surface area contributed by atoms with E-state index in [1.54, 1.807) is 0 Å². The molecule has 0 heterocycles. The highest BCUT2D eigenvalue weighted by Crippen LogP contribution is 2.30. The molecular weight excluding hydrogens is 371 g/mol. The van der Waals surface area contributed by atoms with Crippen molar-refractivity contribution in [2.45, 2.75) is 6.18 Å². The summed E-state index contributed by atoms with van der Waals surface area (Å²) in [6.07, 6.45) is -3.64. The fourth-order valence-electron chi connectivity index (χ4n) is 1.94. The van der Waals surface area contributed by atoms with E-state index >= 15 is 0 Å². The van der Waals surface area contributed by atoms with Crippen LogP contribution in [0.2, 0.25) is 5.02 Å². The molecule has 0 spiro atoms. The molecule has 0 aliphatic heterocycles. The maximum absolute atomic E-state index is 12.8. The molecule has 0 radical (unpaired) electrons. The fourth-order valence-corrected chi connectivity index (χ4v) is 2.07. The largest absolute Gasteiger partial charge is 0.417 e. The smallest absolute Gasteiger partial charge is 0.343 e. The molecule has 0 bridgehead atoms. The van der Waals surface area contributed by atoms with Gasteiger partial charge in [0.15, 0.2) is 0 Å². The van der Waals surface area contributed by atoms with Gasteiger partial charge in [-0.1, -0.05) is 29.8 Å². The normalized spacial score (nSPS) is 11.4. The van der Waals surface area contributed by atoms with Crippen LogP contribution in [-0.2, 0) is 11.0 Å². The SMILES string of the molecule is O=C(CNC(=O)c1ccc(Cl)cc1)N/N=C/c1ccccc1C(F)(F)F. The minimum absolute atomic E-state index is 0.189. The van der Waals surface area contributed by atoms with E-state index in [1.165, 1.54) is 42.5 Å². The van der Waals surface area contributed by atoms with Crippen molar-refractivity contribution >= 4 is 29.6 Å². The molecular formula is C17H13ClF3N3O2. The maximum atomic E-state index is 12.8. The van der Waals surface area contributed by atoms with Gasteiger partial charge in [-0.15, -0.1) is 0 Å². The van der Waals surface area contributed by atoms with Crippen molar-refractivity contribution in [2.24, 2.45) is 5.10 Å². The van der Waals surface area contributed by atoms with Crippen molar-refractivity contribution in [1.82, 2.24) is 10.7 Å². The van der Waals surface area contributed by atoms with E-state index in [0.717, 1.165) is 12.3 Å². The van der Waals surface area contributed by atoms with E-state index in [1.807, 2.05) is 0 Å². The first-order valence-corrected chi connectivity index (χ1v) is 7.67. The number of halogens is 4. The molecule has 0 saturated carbocycles. The van der Waals surface area contributed by atoms with Gasteiger partial charge >= 0.3 is 6.18 Å². The van der Waals surface area contributed by atoms with Crippen LogP contribution < -0.4 is 10.7 Å². The zero-order chi connectivity index (χ0) is 19.2. The van der Waals surface area contributed by atoms with Gasteiger partial charge in [-0.3, -0.25) is 9.59 Å². The van der Waals surface area contributed by atoms with Crippen molar-refractivity contribution < 1.29 is 22.8 Å². The molecule has 0 unspecified atom stereocenters. The highest BCUT2D eigenvalue weighted by Gasteiger charge is 2.32. The van der Waals surface area contributed by atoms with Gasteiger partial charge in [-0.05, 0) is 30.3 Å². The topological polar surface area (TPSA) is 70.6 Å². The second kappa shape index (κ2) is 8.48. The minimum Gasteiger partial charge on any atom is -0.343 e. The lowest BCUT2D eigenvalue weighted by molar-refractivity contribution is -0.137. The van der Waals surface area contributed by atoms with Crippen molar-refractivity contribution in [3.05, 3.63) is 70.2 Å². The summed E-state index contributed by atoms with van der Waals surface area (Å²) in [4.78, 5) is 23.4. The molecule has 5 nitrogen and oxygen atoms in total. The minimum atomic E-state index is -4.53. The number of carbonyl (C=O) groups is 2. The average molecular weight is 384 g/mol. The Morgan fingerprint density at radius 3 is 2.38 bits per heavy atom. The molecule has 2 aromatic rings. The number of benzene rings is 2. The Kier molecular flexibility index (Phi) is 6.35. The number of amides is 2. The van der Waals surface area contributed by atoms with Crippen LogP contribution in [0.5, 0.6) is 0 Å². The van der Waals surface area contributed by atoms with E-state index in [-0.39, 0.29) is 12.1 Å². The zero-order valence-electron chi connectivity index (χ0n) is 13.2. The van der Waals surface area contributed by atoms with Crippen LogP contribution in [-0.4, -0.2) is 24.6 Å². The molecule has 2 rings (SSSR count). The van der Waals surface area contributed by atoms with Crippen molar-refractivity contribution in [2.75, 3.05) is 6.54 Å². The Labute approximate surface area is 151 Å². The third kappa shape index (κ3) is 5.59. The number of hydrogen-bond acceptors (Lipinski definition) is 3. The van der Waals surface area contributed by atoms with E-state index in [2.05, 4.69) is 15.8 Å². The van der Waals surface area contributed by atoms with Gasteiger partial charge in [-0.2, -0.15) is 18.3 Å². The third-order valence-corrected chi connectivity index (χ3v) is 3.43. The zero-order valence-corrected chi connectivity index (χ0v) is 13.9. The van der Waals surface area contributed by atoms with E-state index in [4.69, 9.17) is 11.6 Å². The molecule has 9 heteroatoms. The number of rotatable bonds is 5. The molecule has 2 N–H and O–H groups in total. The van der Waals surface area contributed by atoms with Crippen LogP contribution in [0.4, 0.5) is 13.2 Å². The molecule has 136 valence electrons. The summed E-state index contributed by atoms with van der Waals surface area (Å²) in [6.45, 7) is -0.389. The number of hydrogen-bond donors (Lipinski definition) is 2. The fraction of sp³-hybridized carbons (Fsp3) is 0.118. The van der Waals surface area contributed by atoms with Crippen LogP contribution in [0, 0.1) is 0 Å².